The fourth-order valence-electron chi connectivity index (χ4n) is 3.58. The summed E-state index contributed by atoms with van der Waals surface area (Å²) in [5.41, 5.74) is 1.38. The van der Waals surface area contributed by atoms with Gasteiger partial charge in [-0.1, -0.05) is 6.42 Å². The summed E-state index contributed by atoms with van der Waals surface area (Å²) in [4.78, 5) is 23.0. The molecule has 3 aromatic rings. The minimum absolute atomic E-state index is 0.309. The highest BCUT2D eigenvalue weighted by atomic mass is 15.2. The second-order valence-corrected chi connectivity index (χ2v) is 6.38. The molecule has 120 valence electrons. The molecule has 5 rings (SSSR count). The minimum atomic E-state index is -0.309. The van der Waals surface area contributed by atoms with Crippen molar-refractivity contribution in [1.29, 1.82) is 0 Å². The van der Waals surface area contributed by atoms with E-state index in [0.717, 1.165) is 35.2 Å². The third kappa shape index (κ3) is 2.08. The van der Waals surface area contributed by atoms with Gasteiger partial charge >= 0.3 is 0 Å². The van der Waals surface area contributed by atoms with Crippen LogP contribution < -0.4 is 10.8 Å². The van der Waals surface area contributed by atoms with Gasteiger partial charge in [-0.25, -0.2) is 24.9 Å². The zero-order valence-corrected chi connectivity index (χ0v) is 13.2. The molecule has 0 bridgehead atoms. The van der Waals surface area contributed by atoms with Gasteiger partial charge in [0.2, 0.25) is 0 Å². The number of pyridine rings is 1. The number of hydrogen-bond acceptors (Lipinski definition) is 5. The Balaban J connectivity index is 1.77. The first-order valence-electron chi connectivity index (χ1n) is 8.31. The maximum absolute atomic E-state index is 5.02. The lowest BCUT2D eigenvalue weighted by molar-refractivity contribution is 0.308. The fraction of sp³-hybridized carbons (Fsp3) is 0.353. The van der Waals surface area contributed by atoms with Crippen molar-refractivity contribution in [2.24, 2.45) is 9.98 Å². The van der Waals surface area contributed by atoms with Gasteiger partial charge in [0, 0.05) is 30.9 Å². The summed E-state index contributed by atoms with van der Waals surface area (Å²) in [6.45, 7) is 0. The topological polar surface area (TPSA) is 73.2 Å². The van der Waals surface area contributed by atoms with E-state index in [2.05, 4.69) is 9.97 Å². The summed E-state index contributed by atoms with van der Waals surface area (Å²) in [5.74, 6) is 0.793. The minimum Gasteiger partial charge on any atom is -0.304 e. The third-order valence-corrected chi connectivity index (χ3v) is 4.78. The van der Waals surface area contributed by atoms with Crippen LogP contribution in [0, 0.1) is 0 Å². The monoisotopic (exact) mass is 319 g/mol. The predicted molar refractivity (Wildman–Crippen MR) is 86.6 cm³/mol. The number of rotatable bonds is 2. The van der Waals surface area contributed by atoms with Crippen LogP contribution in [0.15, 0.2) is 53.5 Å². The van der Waals surface area contributed by atoms with Gasteiger partial charge in [-0.3, -0.25) is 4.57 Å². The quantitative estimate of drug-likeness (QED) is 0.716. The van der Waals surface area contributed by atoms with Gasteiger partial charge in [0.15, 0.2) is 11.2 Å². The van der Waals surface area contributed by atoms with Crippen LogP contribution in [0.1, 0.15) is 32.1 Å². The third-order valence-electron chi connectivity index (χ3n) is 4.78. The molecule has 3 aromatic heterocycles. The van der Waals surface area contributed by atoms with E-state index in [0.29, 0.717) is 0 Å². The standard InChI is InChI=1S/C17H17N7/c1-2-4-17(5-3-1)21-15-13(23-8-6-18-11-23)10-14(20-16(15)22-17)24-9-7-19-12-24/h6-12H,1-5H2. The molecule has 1 saturated carbocycles. The van der Waals surface area contributed by atoms with Crippen molar-refractivity contribution >= 4 is 0 Å². The summed E-state index contributed by atoms with van der Waals surface area (Å²) >= 11 is 0. The molecule has 1 aliphatic carbocycles. The van der Waals surface area contributed by atoms with Crippen LogP contribution in [0.4, 0.5) is 0 Å². The molecule has 1 aliphatic heterocycles. The largest absolute Gasteiger partial charge is 0.304 e. The predicted octanol–water partition coefficient (Wildman–Crippen LogP) is 1.37. The smallest absolute Gasteiger partial charge is 0.179 e. The van der Waals surface area contributed by atoms with Gasteiger partial charge < -0.3 is 4.57 Å². The number of nitrogens with zero attached hydrogens (tertiary/aromatic N) is 7. The summed E-state index contributed by atoms with van der Waals surface area (Å²) < 4.78 is 3.86. The van der Waals surface area contributed by atoms with E-state index in [1.54, 1.807) is 25.0 Å². The number of hydrogen-bond donors (Lipinski definition) is 0. The van der Waals surface area contributed by atoms with E-state index < -0.39 is 0 Å². The molecular formula is C17H17N7. The molecule has 0 unspecified atom stereocenters. The average molecular weight is 319 g/mol. The van der Waals surface area contributed by atoms with Crippen LogP contribution >= 0.6 is 0 Å². The molecule has 1 fully saturated rings. The molecule has 0 radical (unpaired) electrons. The Hall–Kier alpha value is -2.83. The van der Waals surface area contributed by atoms with Gasteiger partial charge in [0.05, 0.1) is 12.0 Å². The normalized spacial score (nSPS) is 18.2. The lowest BCUT2D eigenvalue weighted by Gasteiger charge is -2.26. The molecule has 4 heterocycles. The van der Waals surface area contributed by atoms with Gasteiger partial charge in [0.25, 0.3) is 0 Å². The summed E-state index contributed by atoms with van der Waals surface area (Å²) in [5, 5.41) is 0.874. The van der Waals surface area contributed by atoms with Crippen molar-refractivity contribution in [3.05, 3.63) is 54.4 Å². The maximum atomic E-state index is 5.02. The van der Waals surface area contributed by atoms with Crippen molar-refractivity contribution < 1.29 is 0 Å². The number of fused-ring (bicyclic) bond motifs is 1. The second-order valence-electron chi connectivity index (χ2n) is 6.38. The zero-order valence-electron chi connectivity index (χ0n) is 13.2. The van der Waals surface area contributed by atoms with Crippen LogP contribution in [-0.4, -0.2) is 29.7 Å². The van der Waals surface area contributed by atoms with Crippen molar-refractivity contribution in [1.82, 2.24) is 24.1 Å². The molecule has 0 N–H and O–H groups in total. The van der Waals surface area contributed by atoms with E-state index in [-0.39, 0.29) is 5.66 Å². The maximum Gasteiger partial charge on any atom is 0.179 e. The van der Waals surface area contributed by atoms with Gasteiger partial charge in [0.1, 0.15) is 17.5 Å². The first-order chi connectivity index (χ1) is 11.8. The van der Waals surface area contributed by atoms with Crippen LogP contribution in [0.25, 0.3) is 11.5 Å². The molecule has 0 saturated heterocycles. The van der Waals surface area contributed by atoms with Crippen LogP contribution in [0.5, 0.6) is 0 Å². The van der Waals surface area contributed by atoms with E-state index in [9.17, 15) is 0 Å². The summed E-state index contributed by atoms with van der Waals surface area (Å²) in [6, 6.07) is 2.02. The molecular weight excluding hydrogens is 302 g/mol. The Morgan fingerprint density at radius 3 is 2.33 bits per heavy atom. The SMILES string of the molecule is c1cn(-c2cc(-n3ccnc3)c3c(n2)=NC2(CCCCC2)N=3)cn1. The molecule has 0 aromatic carbocycles. The summed E-state index contributed by atoms with van der Waals surface area (Å²) in [7, 11) is 0. The van der Waals surface area contributed by atoms with Gasteiger partial charge in [-0.2, -0.15) is 0 Å². The molecule has 7 nitrogen and oxygen atoms in total. The number of imidazole rings is 2. The molecule has 0 atom stereocenters. The Morgan fingerprint density at radius 2 is 1.62 bits per heavy atom. The van der Waals surface area contributed by atoms with E-state index in [4.69, 9.17) is 15.0 Å². The molecule has 7 heteroatoms. The van der Waals surface area contributed by atoms with Gasteiger partial charge in [-0.05, 0) is 25.7 Å². The second kappa shape index (κ2) is 5.09. The van der Waals surface area contributed by atoms with Crippen molar-refractivity contribution in [3.63, 3.8) is 0 Å². The van der Waals surface area contributed by atoms with Crippen LogP contribution in [0.3, 0.4) is 0 Å². The van der Waals surface area contributed by atoms with Crippen molar-refractivity contribution in [3.8, 4) is 11.5 Å². The molecule has 24 heavy (non-hydrogen) atoms. The highest BCUT2D eigenvalue weighted by molar-refractivity contribution is 5.39. The molecule has 1 spiro atoms. The molecule has 0 amide bonds. The fourth-order valence-corrected chi connectivity index (χ4v) is 3.58. The highest BCUT2D eigenvalue weighted by Gasteiger charge is 2.34. The average Bonchev–Trinajstić information content (AvgIpc) is 3.35. The Bertz CT molecular complexity index is 980. The van der Waals surface area contributed by atoms with Crippen LogP contribution in [0.2, 0.25) is 0 Å². The first kappa shape index (κ1) is 13.6. The number of aromatic nitrogens is 5. The van der Waals surface area contributed by atoms with Crippen molar-refractivity contribution in [2.75, 3.05) is 0 Å². The van der Waals surface area contributed by atoms with E-state index >= 15 is 0 Å². The Labute approximate surface area is 138 Å². The van der Waals surface area contributed by atoms with Crippen molar-refractivity contribution in [2.45, 2.75) is 37.8 Å². The van der Waals surface area contributed by atoms with E-state index in [1.807, 2.05) is 27.6 Å². The van der Waals surface area contributed by atoms with Gasteiger partial charge in [-0.15, -0.1) is 0 Å². The molecule has 2 aliphatic rings. The Morgan fingerprint density at radius 1 is 0.875 bits per heavy atom. The van der Waals surface area contributed by atoms with E-state index in [1.165, 1.54) is 19.3 Å². The summed E-state index contributed by atoms with van der Waals surface area (Å²) in [6.07, 6.45) is 16.5. The first-order valence-corrected chi connectivity index (χ1v) is 8.31. The lowest BCUT2D eigenvalue weighted by Crippen LogP contribution is -2.31. The van der Waals surface area contributed by atoms with Crippen LogP contribution in [-0.2, 0) is 0 Å². The Kier molecular flexibility index (Phi) is 2.88. The highest BCUT2D eigenvalue weighted by Crippen LogP contribution is 2.33. The lowest BCUT2D eigenvalue weighted by atomic mass is 9.90. The zero-order chi connectivity index (χ0) is 16.0.